The number of aromatic carboxylic acids is 2. The summed E-state index contributed by atoms with van der Waals surface area (Å²) in [4.78, 5) is 43.4. The molecule has 0 amide bonds. The molecule has 5 N–H and O–H groups in total. The van der Waals surface area contributed by atoms with Gasteiger partial charge in [0.15, 0.2) is 5.78 Å². The summed E-state index contributed by atoms with van der Waals surface area (Å²) in [5.74, 6) is -2.50. The zero-order valence-corrected chi connectivity index (χ0v) is 21.0. The number of unbranched alkanes of at least 4 members (excludes halogenated alkanes) is 2. The highest BCUT2D eigenvalue weighted by molar-refractivity contribution is 5.96. The Balaban J connectivity index is 0. The zero-order chi connectivity index (χ0) is 27.3. The lowest BCUT2D eigenvalue weighted by Gasteiger charge is -2.05. The first-order chi connectivity index (χ1) is 17.2. The van der Waals surface area contributed by atoms with E-state index in [1.807, 2.05) is 0 Å². The molecule has 0 saturated carbocycles. The molecule has 37 heavy (non-hydrogen) atoms. The Morgan fingerprint density at radius 1 is 0.649 bits per heavy atom. The molecule has 11 heteroatoms. The van der Waals surface area contributed by atoms with E-state index in [2.05, 4.69) is 0 Å². The average Bonchev–Trinajstić information content (AvgIpc) is 2.88. The van der Waals surface area contributed by atoms with Gasteiger partial charge in [-0.25, -0.2) is 14.4 Å². The Labute approximate surface area is 215 Å². The van der Waals surface area contributed by atoms with Crippen molar-refractivity contribution < 1.29 is 54.6 Å². The number of benzene rings is 2. The fourth-order valence-corrected chi connectivity index (χ4v) is 2.42. The molecular formula is C26H35O11-. The van der Waals surface area contributed by atoms with Crippen LogP contribution in [-0.4, -0.2) is 83.1 Å². The van der Waals surface area contributed by atoms with Crippen molar-refractivity contribution in [2.75, 3.05) is 33.5 Å². The lowest BCUT2D eigenvalue weighted by Crippen LogP contribution is -2.07. The first-order valence-electron chi connectivity index (χ1n) is 11.2. The summed E-state index contributed by atoms with van der Waals surface area (Å²) in [6, 6.07) is 11.5. The Morgan fingerprint density at radius 3 is 1.38 bits per heavy atom. The van der Waals surface area contributed by atoms with Crippen LogP contribution >= 0.6 is 0 Å². The van der Waals surface area contributed by atoms with Crippen LogP contribution in [0.3, 0.4) is 0 Å². The molecule has 0 fully saturated rings. The average molecular weight is 524 g/mol. The summed E-state index contributed by atoms with van der Waals surface area (Å²) < 4.78 is 9.99. The minimum atomic E-state index is -1.06. The number of carboxylic acid groups (broad SMARTS) is 2. The smallest absolute Gasteiger partial charge is 0.338 e. The van der Waals surface area contributed by atoms with Crippen molar-refractivity contribution >= 4 is 23.7 Å². The van der Waals surface area contributed by atoms with Gasteiger partial charge in [0.05, 0.1) is 23.3 Å². The van der Waals surface area contributed by atoms with E-state index >= 15 is 0 Å². The monoisotopic (exact) mass is 523 g/mol. The van der Waals surface area contributed by atoms with Gasteiger partial charge in [0.2, 0.25) is 0 Å². The molecule has 0 aliphatic rings. The van der Waals surface area contributed by atoms with Crippen LogP contribution < -0.4 is 0 Å². The first kappa shape index (κ1) is 35.5. The largest absolute Gasteiger partial charge is 0.870 e. The summed E-state index contributed by atoms with van der Waals surface area (Å²) >= 11 is 0. The summed E-state index contributed by atoms with van der Waals surface area (Å²) in [7, 11) is 1.64. The van der Waals surface area contributed by atoms with Crippen LogP contribution in [0.1, 0.15) is 74.0 Å². The van der Waals surface area contributed by atoms with Crippen molar-refractivity contribution in [3.05, 3.63) is 70.8 Å². The fraction of sp³-hybridized carbons (Fsp3) is 0.385. The molecule has 0 heterocycles. The quantitative estimate of drug-likeness (QED) is 0.181. The summed E-state index contributed by atoms with van der Waals surface area (Å²) in [6.45, 7) is 2.94. The Bertz CT molecular complexity index is 886. The number of hydrogen-bond acceptors (Lipinski definition) is 9. The van der Waals surface area contributed by atoms with Crippen LogP contribution in [-0.2, 0) is 9.47 Å². The Morgan fingerprint density at radius 2 is 1.03 bits per heavy atom. The number of carbonyl (C=O) groups excluding carboxylic acids is 2. The molecule has 2 aromatic carbocycles. The van der Waals surface area contributed by atoms with Crippen LogP contribution in [0, 0.1) is 0 Å². The van der Waals surface area contributed by atoms with Gasteiger partial charge in [-0.15, -0.1) is 0 Å². The van der Waals surface area contributed by atoms with Crippen LogP contribution in [0.2, 0.25) is 0 Å². The van der Waals surface area contributed by atoms with Gasteiger partial charge in [-0.3, -0.25) is 4.79 Å². The number of Topliss-reactive ketones (excluding diaryl/α,β-unsaturated/α-hetero) is 1. The number of ether oxygens (including phenoxy) is 2. The number of aliphatic hydroxyl groups excluding tert-OH is 2. The molecule has 0 aliphatic heterocycles. The topological polar surface area (TPSA) is 198 Å². The van der Waals surface area contributed by atoms with Gasteiger partial charge in [0, 0.05) is 32.5 Å². The molecule has 0 unspecified atom stereocenters. The number of methoxy groups -OCH3 is 1. The maximum Gasteiger partial charge on any atom is 0.338 e. The maximum atomic E-state index is 11.6. The third-order valence-electron chi connectivity index (χ3n) is 4.45. The van der Waals surface area contributed by atoms with Gasteiger partial charge < -0.3 is 35.4 Å². The summed E-state index contributed by atoms with van der Waals surface area (Å²) in [5.41, 5.74) is 1.22. The standard InChI is InChI=1S/C14H18O4.C8H6O4.C4H10O2.H2O/c1-11(15)12-5-7-13(8-6-12)14(16)18-10-4-3-9-17-2;9-7(10)5-1-2-6(4-3-5)8(11)12;5-3-1-2-4-6;/h5-8H,3-4,9-10H2,1-2H3;1-4H,(H,9,10)(H,11,12);5-6H,1-4H2;1H2/p-1. The Kier molecular flexibility index (Phi) is 20.8. The molecule has 2 rings (SSSR count). The molecule has 2 aromatic rings. The number of ketones is 1. The minimum Gasteiger partial charge on any atom is -0.870 e. The molecule has 0 spiro atoms. The van der Waals surface area contributed by atoms with Crippen molar-refractivity contribution in [2.45, 2.75) is 32.6 Å². The van der Waals surface area contributed by atoms with E-state index in [-0.39, 0.29) is 41.6 Å². The third-order valence-corrected chi connectivity index (χ3v) is 4.45. The van der Waals surface area contributed by atoms with Gasteiger partial charge >= 0.3 is 17.9 Å². The highest BCUT2D eigenvalue weighted by Gasteiger charge is 2.08. The summed E-state index contributed by atoms with van der Waals surface area (Å²) in [5, 5.41) is 33.1. The number of aliphatic hydroxyl groups is 2. The molecular weight excluding hydrogens is 488 g/mol. The van der Waals surface area contributed by atoms with Crippen molar-refractivity contribution in [1.29, 1.82) is 0 Å². The van der Waals surface area contributed by atoms with E-state index in [9.17, 15) is 19.2 Å². The van der Waals surface area contributed by atoms with Crippen molar-refractivity contribution in [1.82, 2.24) is 0 Å². The molecule has 0 aliphatic carbocycles. The van der Waals surface area contributed by atoms with Crippen LogP contribution in [0.15, 0.2) is 48.5 Å². The lowest BCUT2D eigenvalue weighted by molar-refractivity contribution is 0.0488. The number of carboxylic acids is 2. The van der Waals surface area contributed by atoms with Crippen LogP contribution in [0.4, 0.5) is 0 Å². The van der Waals surface area contributed by atoms with E-state index in [1.165, 1.54) is 31.2 Å². The second-order valence-electron chi connectivity index (χ2n) is 7.31. The normalized spacial score (nSPS) is 9.41. The minimum absolute atomic E-state index is 0. The molecule has 0 saturated heterocycles. The van der Waals surface area contributed by atoms with E-state index in [0.717, 1.165) is 25.7 Å². The van der Waals surface area contributed by atoms with Gasteiger partial charge in [-0.1, -0.05) is 12.1 Å². The van der Waals surface area contributed by atoms with Crippen molar-refractivity contribution in [2.24, 2.45) is 0 Å². The Hall–Kier alpha value is -3.64. The highest BCUT2D eigenvalue weighted by Crippen LogP contribution is 2.07. The number of carbonyl (C=O) groups is 4. The maximum absolute atomic E-state index is 11.6. The van der Waals surface area contributed by atoms with Gasteiger partial charge in [0.1, 0.15) is 0 Å². The molecule has 11 nitrogen and oxygen atoms in total. The highest BCUT2D eigenvalue weighted by atomic mass is 16.5. The molecule has 0 atom stereocenters. The SMILES string of the molecule is COCCCCOC(=O)c1ccc(C(C)=O)cc1.O=C(O)c1ccc(C(=O)O)cc1.OCCCCO.[OH-]. The van der Waals surface area contributed by atoms with Gasteiger partial charge in [-0.2, -0.15) is 0 Å². The van der Waals surface area contributed by atoms with Crippen molar-refractivity contribution in [3.8, 4) is 0 Å². The van der Waals surface area contributed by atoms with Gasteiger partial charge in [-0.05, 0) is 69.0 Å². The third kappa shape index (κ3) is 16.6. The van der Waals surface area contributed by atoms with E-state index in [0.29, 0.717) is 24.3 Å². The molecule has 0 bridgehead atoms. The second-order valence-corrected chi connectivity index (χ2v) is 7.31. The number of rotatable bonds is 12. The first-order valence-corrected chi connectivity index (χ1v) is 11.2. The number of esters is 1. The van der Waals surface area contributed by atoms with Crippen LogP contribution in [0.5, 0.6) is 0 Å². The van der Waals surface area contributed by atoms with E-state index < -0.39 is 11.9 Å². The predicted molar refractivity (Wildman–Crippen MR) is 134 cm³/mol. The van der Waals surface area contributed by atoms with E-state index in [4.69, 9.17) is 29.9 Å². The van der Waals surface area contributed by atoms with Crippen molar-refractivity contribution in [3.63, 3.8) is 0 Å². The predicted octanol–water partition coefficient (Wildman–Crippen LogP) is 3.13. The number of hydrogen-bond donors (Lipinski definition) is 4. The lowest BCUT2D eigenvalue weighted by atomic mass is 10.1. The molecule has 0 radical (unpaired) electrons. The second kappa shape index (κ2) is 21.6. The van der Waals surface area contributed by atoms with Gasteiger partial charge in [0.25, 0.3) is 0 Å². The summed E-state index contributed by atoms with van der Waals surface area (Å²) in [6.07, 6.45) is 3.09. The fourth-order valence-electron chi connectivity index (χ4n) is 2.42. The molecule has 206 valence electrons. The molecule has 0 aromatic heterocycles. The van der Waals surface area contributed by atoms with E-state index in [1.54, 1.807) is 31.4 Å². The zero-order valence-electron chi connectivity index (χ0n) is 21.0. The van der Waals surface area contributed by atoms with Crippen LogP contribution in [0.25, 0.3) is 0 Å².